The Labute approximate surface area is 364 Å². The molecule has 0 spiro atoms. The lowest BCUT2D eigenvalue weighted by atomic mass is 10.00. The zero-order chi connectivity index (χ0) is 45.5. The van der Waals surface area contributed by atoms with Crippen LogP contribution in [0.4, 0.5) is 29.5 Å². The van der Waals surface area contributed by atoms with Crippen molar-refractivity contribution in [3.63, 3.8) is 0 Å². The number of alkyl halides is 3. The Balaban J connectivity index is 1.03. The largest absolute Gasteiger partial charge is 0.573 e. The minimum absolute atomic E-state index is 0.00876. The second-order valence-corrected chi connectivity index (χ2v) is 18.2. The fraction of sp³-hybridized carbons (Fsp3) is 0.478. The quantitative estimate of drug-likeness (QED) is 0.135. The zero-order valence-electron chi connectivity index (χ0n) is 36.7. The molecule has 3 aliphatic rings. The van der Waals surface area contributed by atoms with Crippen molar-refractivity contribution in [2.45, 2.75) is 91.8 Å². The van der Waals surface area contributed by atoms with Gasteiger partial charge < -0.3 is 39.8 Å². The van der Waals surface area contributed by atoms with Crippen molar-refractivity contribution in [2.75, 3.05) is 37.0 Å². The van der Waals surface area contributed by atoms with E-state index in [1.807, 2.05) is 39.5 Å². The Kier molecular flexibility index (Phi) is 12.5. The fourth-order valence-corrected chi connectivity index (χ4v) is 8.69. The molecule has 6 atom stereocenters. The number of H-pyrrole nitrogens is 1. The number of alkyl carbamates (subject to hydrolysis) is 1. The standard InChI is InChI=1S/C46H55F3N8O6/c1-25(2)39(54-44(61)62-8)43(60)57-22-26(3)17-36(57)40-51-21-35(53-40)30-11-9-29(10-12-30)33-15-13-31(18-37(33)63-46(47,48)49)41(58)52-32-14-16-38(50-20-32)55-23-28(5)56(24-27(55)4)42(59)34-19-45(34,6)7/h9-16,18,20-21,25-28,34,36,39H,17,19,22-24H2,1-8H3,(H,51,53)(H,52,58)(H,54,61). The number of pyridine rings is 1. The Morgan fingerprint density at radius 2 is 1.59 bits per heavy atom. The van der Waals surface area contributed by atoms with Gasteiger partial charge in [-0.2, -0.15) is 0 Å². The van der Waals surface area contributed by atoms with Crippen LogP contribution in [0.1, 0.15) is 83.5 Å². The van der Waals surface area contributed by atoms with E-state index in [0.717, 1.165) is 12.5 Å². The third-order valence-corrected chi connectivity index (χ3v) is 12.5. The van der Waals surface area contributed by atoms with Gasteiger partial charge in [0.05, 0.1) is 36.9 Å². The van der Waals surface area contributed by atoms with E-state index in [-0.39, 0.29) is 64.2 Å². The topological polar surface area (TPSA) is 162 Å². The van der Waals surface area contributed by atoms with Crippen molar-refractivity contribution in [2.24, 2.45) is 23.2 Å². The second kappa shape index (κ2) is 17.6. The third-order valence-electron chi connectivity index (χ3n) is 12.5. The van der Waals surface area contributed by atoms with E-state index >= 15 is 0 Å². The first-order chi connectivity index (χ1) is 29.7. The number of hydrogen-bond donors (Lipinski definition) is 3. The van der Waals surface area contributed by atoms with Gasteiger partial charge in [-0.1, -0.05) is 58.9 Å². The summed E-state index contributed by atoms with van der Waals surface area (Å²) in [7, 11) is 1.24. The predicted octanol–water partition coefficient (Wildman–Crippen LogP) is 8.05. The molecular formula is C46H55F3N8O6. The maximum atomic E-state index is 13.7. The van der Waals surface area contributed by atoms with Gasteiger partial charge in [0, 0.05) is 48.8 Å². The summed E-state index contributed by atoms with van der Waals surface area (Å²) in [5.74, 6) is 0.0610. The molecule has 2 aliphatic heterocycles. The molecule has 3 N–H and O–H groups in total. The molecule has 4 heterocycles. The predicted molar refractivity (Wildman–Crippen MR) is 231 cm³/mol. The van der Waals surface area contributed by atoms with Crippen LogP contribution in [0.3, 0.4) is 0 Å². The van der Waals surface area contributed by atoms with E-state index in [2.05, 4.69) is 49.1 Å². The number of benzene rings is 2. The highest BCUT2D eigenvalue weighted by molar-refractivity contribution is 6.05. The molecule has 2 saturated heterocycles. The molecule has 2 aromatic carbocycles. The number of aromatic nitrogens is 3. The lowest BCUT2D eigenvalue weighted by Crippen LogP contribution is -2.59. The van der Waals surface area contributed by atoms with Gasteiger partial charge >= 0.3 is 12.5 Å². The zero-order valence-corrected chi connectivity index (χ0v) is 36.7. The van der Waals surface area contributed by atoms with Gasteiger partial charge in [-0.25, -0.2) is 14.8 Å². The van der Waals surface area contributed by atoms with Crippen molar-refractivity contribution in [3.05, 3.63) is 78.4 Å². The first-order valence-electron chi connectivity index (χ1n) is 21.3. The summed E-state index contributed by atoms with van der Waals surface area (Å²) >= 11 is 0. The van der Waals surface area contributed by atoms with Crippen LogP contribution < -0.4 is 20.3 Å². The van der Waals surface area contributed by atoms with E-state index in [1.54, 1.807) is 47.5 Å². The maximum Gasteiger partial charge on any atom is 0.573 e. The second-order valence-electron chi connectivity index (χ2n) is 18.2. The molecule has 4 aromatic rings. The lowest BCUT2D eigenvalue weighted by Gasteiger charge is -2.45. The summed E-state index contributed by atoms with van der Waals surface area (Å²) in [5, 5.41) is 5.37. The van der Waals surface area contributed by atoms with Crippen LogP contribution >= 0.6 is 0 Å². The Hall–Kier alpha value is -6.13. The van der Waals surface area contributed by atoms with Crippen LogP contribution in [0.2, 0.25) is 0 Å². The average molecular weight is 873 g/mol. The molecule has 3 fully saturated rings. The third kappa shape index (κ3) is 9.92. The lowest BCUT2D eigenvalue weighted by molar-refractivity contribution is -0.274. The number of likely N-dealkylation sites (tertiary alicyclic amines) is 1. The number of halogens is 3. The number of anilines is 2. The summed E-state index contributed by atoms with van der Waals surface area (Å²) in [6, 6.07) is 12.9. The van der Waals surface area contributed by atoms with Gasteiger partial charge in [-0.15, -0.1) is 13.2 Å². The number of carbonyl (C=O) groups excluding carboxylic acids is 4. The van der Waals surface area contributed by atoms with Crippen LogP contribution in [0.15, 0.2) is 67.0 Å². The molecule has 0 bridgehead atoms. The van der Waals surface area contributed by atoms with Crippen LogP contribution in [-0.2, 0) is 14.3 Å². The molecule has 2 aromatic heterocycles. The van der Waals surface area contributed by atoms with Crippen molar-refractivity contribution in [1.82, 2.24) is 30.1 Å². The number of nitrogens with one attached hydrogen (secondary N) is 3. The molecule has 7 rings (SSSR count). The van der Waals surface area contributed by atoms with Gasteiger partial charge in [0.2, 0.25) is 11.8 Å². The van der Waals surface area contributed by atoms with Crippen molar-refractivity contribution < 1.29 is 41.8 Å². The van der Waals surface area contributed by atoms with Gasteiger partial charge in [0.1, 0.15) is 23.4 Å². The van der Waals surface area contributed by atoms with Crippen LogP contribution in [-0.4, -0.2) is 99.8 Å². The number of aromatic amines is 1. The SMILES string of the molecule is COC(=O)NC(C(=O)N1CC(C)CC1c1ncc(-c2ccc(-c3ccc(C(=O)Nc4ccc(N5CC(C)N(C(=O)C6CC6(C)C)CC5C)nc4)cc3OC(F)(F)F)cc2)[nH]1)C(C)C. The van der Waals surface area contributed by atoms with Gasteiger partial charge in [-0.05, 0) is 85.4 Å². The minimum Gasteiger partial charge on any atom is -0.453 e. The molecule has 17 heteroatoms. The molecular weight excluding hydrogens is 818 g/mol. The van der Waals surface area contributed by atoms with Crippen molar-refractivity contribution in [3.8, 4) is 28.1 Å². The average Bonchev–Trinajstić information content (AvgIpc) is 3.51. The number of ether oxygens (including phenoxy) is 2. The number of piperazine rings is 1. The number of imidazole rings is 1. The molecule has 14 nitrogen and oxygen atoms in total. The van der Waals surface area contributed by atoms with Crippen LogP contribution in [0.25, 0.3) is 22.4 Å². The number of nitrogens with zero attached hydrogens (tertiary/aromatic N) is 5. The molecule has 1 aliphatic carbocycles. The van der Waals surface area contributed by atoms with E-state index in [1.165, 1.54) is 25.4 Å². The monoisotopic (exact) mass is 872 g/mol. The van der Waals surface area contributed by atoms with Crippen molar-refractivity contribution in [1.29, 1.82) is 0 Å². The number of carbonyl (C=O) groups is 4. The highest BCUT2D eigenvalue weighted by Crippen LogP contribution is 2.53. The van der Waals surface area contributed by atoms with Gasteiger partial charge in [0.15, 0.2) is 0 Å². The smallest absolute Gasteiger partial charge is 0.453 e. The molecule has 63 heavy (non-hydrogen) atoms. The number of rotatable bonds is 11. The van der Waals surface area contributed by atoms with E-state index < -0.39 is 30.2 Å². The van der Waals surface area contributed by atoms with Crippen LogP contribution in [0, 0.1) is 23.2 Å². The summed E-state index contributed by atoms with van der Waals surface area (Å²) in [6.07, 6.45) is -1.03. The molecule has 0 radical (unpaired) electrons. The summed E-state index contributed by atoms with van der Waals surface area (Å²) < 4.78 is 50.4. The summed E-state index contributed by atoms with van der Waals surface area (Å²) in [4.78, 5) is 70.6. The normalized spacial score (nSPS) is 22.4. The highest BCUT2D eigenvalue weighted by atomic mass is 19.4. The molecule has 6 unspecified atom stereocenters. The summed E-state index contributed by atoms with van der Waals surface area (Å²) in [6.45, 7) is 15.7. The first-order valence-corrected chi connectivity index (χ1v) is 21.3. The number of amides is 4. The van der Waals surface area contributed by atoms with Crippen molar-refractivity contribution >= 4 is 35.3 Å². The molecule has 1 saturated carbocycles. The van der Waals surface area contributed by atoms with E-state index in [0.29, 0.717) is 60.2 Å². The summed E-state index contributed by atoms with van der Waals surface area (Å²) in [5.41, 5.74) is 2.20. The van der Waals surface area contributed by atoms with Gasteiger partial charge in [-0.3, -0.25) is 14.4 Å². The maximum absolute atomic E-state index is 13.7. The van der Waals surface area contributed by atoms with Crippen LogP contribution in [0.5, 0.6) is 5.75 Å². The number of hydrogen-bond acceptors (Lipinski definition) is 9. The Bertz CT molecular complexity index is 2330. The Morgan fingerprint density at radius 3 is 2.21 bits per heavy atom. The molecule has 336 valence electrons. The number of methoxy groups -OCH3 is 1. The van der Waals surface area contributed by atoms with Gasteiger partial charge in [0.25, 0.3) is 5.91 Å². The highest BCUT2D eigenvalue weighted by Gasteiger charge is 2.53. The Morgan fingerprint density at radius 1 is 0.889 bits per heavy atom. The van der Waals surface area contributed by atoms with E-state index in [9.17, 15) is 32.3 Å². The molecule has 4 amide bonds. The minimum atomic E-state index is -5.03. The fourth-order valence-electron chi connectivity index (χ4n) is 8.69. The van der Waals surface area contributed by atoms with E-state index in [4.69, 9.17) is 4.74 Å². The first kappa shape index (κ1) is 44.9.